The van der Waals surface area contributed by atoms with Crippen molar-refractivity contribution in [3.8, 4) is 0 Å². The summed E-state index contributed by atoms with van der Waals surface area (Å²) in [4.78, 5) is 0. The Morgan fingerprint density at radius 1 is 0.632 bits per heavy atom. The van der Waals surface area contributed by atoms with E-state index in [0.29, 0.717) is 0 Å². The molecule has 0 aromatic heterocycles. The Hall–Kier alpha value is -0.420. The average Bonchev–Trinajstić information content (AvgIpc) is 2.43. The lowest BCUT2D eigenvalue weighted by Crippen LogP contribution is -2.23. The molecule has 0 heterocycles. The van der Waals surface area contributed by atoms with E-state index in [4.69, 9.17) is 0 Å². The summed E-state index contributed by atoms with van der Waals surface area (Å²) in [6, 6.07) is 0. The van der Waals surface area contributed by atoms with Crippen LogP contribution in [0.4, 0.5) is 0 Å². The largest absolute Gasteiger partial charge is 0.317 e. The summed E-state index contributed by atoms with van der Waals surface area (Å²) in [6.45, 7) is 12.9. The first-order valence-electron chi connectivity index (χ1n) is 7.89. The van der Waals surface area contributed by atoms with Crippen molar-refractivity contribution in [3.05, 3.63) is 12.2 Å². The van der Waals surface area contributed by atoms with Crippen LogP contribution in [0.2, 0.25) is 0 Å². The van der Waals surface area contributed by atoms with Crippen LogP contribution in [0.1, 0.15) is 33.1 Å². The molecule has 0 bridgehead atoms. The zero-order valence-electron chi connectivity index (χ0n) is 12.9. The standard InChI is InChI=1S/C15H34N4/c1-3-9-17-13-8-15-19-11-6-5-10-18-14-7-12-16-4-2/h5-6,16-19H,3-4,7-15H2,1-2H3/b6-5+. The van der Waals surface area contributed by atoms with Gasteiger partial charge in [-0.2, -0.15) is 0 Å². The molecule has 0 aromatic carbocycles. The Balaban J connectivity index is 3.01. The zero-order chi connectivity index (χ0) is 14.0. The average molecular weight is 270 g/mol. The number of hydrogen-bond acceptors (Lipinski definition) is 4. The molecule has 0 saturated heterocycles. The second kappa shape index (κ2) is 17.6. The van der Waals surface area contributed by atoms with Crippen molar-refractivity contribution in [2.45, 2.75) is 33.1 Å². The van der Waals surface area contributed by atoms with Crippen LogP contribution in [0.5, 0.6) is 0 Å². The highest BCUT2D eigenvalue weighted by Gasteiger charge is 1.87. The summed E-state index contributed by atoms with van der Waals surface area (Å²) in [6.07, 6.45) is 8.03. The van der Waals surface area contributed by atoms with Gasteiger partial charge in [0.1, 0.15) is 0 Å². The first-order valence-corrected chi connectivity index (χ1v) is 7.89. The van der Waals surface area contributed by atoms with Crippen LogP contribution in [0.15, 0.2) is 12.2 Å². The van der Waals surface area contributed by atoms with Gasteiger partial charge in [-0.05, 0) is 58.5 Å². The Morgan fingerprint density at radius 3 is 1.68 bits per heavy atom. The molecule has 0 aliphatic rings. The molecule has 114 valence electrons. The van der Waals surface area contributed by atoms with Gasteiger partial charge in [0.2, 0.25) is 0 Å². The first-order chi connectivity index (χ1) is 9.41. The normalized spacial score (nSPS) is 11.5. The lowest BCUT2D eigenvalue weighted by atomic mass is 10.4. The Bertz CT molecular complexity index is 183. The molecule has 0 spiro atoms. The van der Waals surface area contributed by atoms with Crippen LogP contribution < -0.4 is 21.3 Å². The molecule has 0 atom stereocenters. The molecule has 0 saturated carbocycles. The molecule has 4 N–H and O–H groups in total. The topological polar surface area (TPSA) is 48.1 Å². The van der Waals surface area contributed by atoms with Crippen LogP contribution in [-0.2, 0) is 0 Å². The van der Waals surface area contributed by atoms with Crippen molar-refractivity contribution in [2.24, 2.45) is 0 Å². The molecule has 4 heteroatoms. The predicted octanol–water partition coefficient (Wildman–Crippen LogP) is 1.11. The van der Waals surface area contributed by atoms with E-state index < -0.39 is 0 Å². The van der Waals surface area contributed by atoms with Gasteiger partial charge in [-0.1, -0.05) is 26.0 Å². The lowest BCUT2D eigenvalue weighted by Gasteiger charge is -2.04. The Morgan fingerprint density at radius 2 is 1.16 bits per heavy atom. The van der Waals surface area contributed by atoms with Gasteiger partial charge in [0.15, 0.2) is 0 Å². The molecule has 0 aromatic rings. The summed E-state index contributed by atoms with van der Waals surface area (Å²) in [5.74, 6) is 0. The third-order valence-electron chi connectivity index (χ3n) is 2.78. The molecule has 0 amide bonds. The molecule has 0 unspecified atom stereocenters. The number of rotatable bonds is 15. The van der Waals surface area contributed by atoms with Gasteiger partial charge in [-0.25, -0.2) is 0 Å². The van der Waals surface area contributed by atoms with Crippen LogP contribution in [0.25, 0.3) is 0 Å². The van der Waals surface area contributed by atoms with Crippen molar-refractivity contribution >= 4 is 0 Å². The van der Waals surface area contributed by atoms with E-state index >= 15 is 0 Å². The van der Waals surface area contributed by atoms with Gasteiger partial charge in [0, 0.05) is 13.1 Å². The van der Waals surface area contributed by atoms with Crippen molar-refractivity contribution in [1.29, 1.82) is 0 Å². The molecule has 0 aliphatic carbocycles. The van der Waals surface area contributed by atoms with Crippen molar-refractivity contribution in [2.75, 3.05) is 52.4 Å². The summed E-state index contributed by atoms with van der Waals surface area (Å²) in [5.41, 5.74) is 0. The summed E-state index contributed by atoms with van der Waals surface area (Å²) in [5, 5.41) is 13.5. The van der Waals surface area contributed by atoms with E-state index in [-0.39, 0.29) is 0 Å². The van der Waals surface area contributed by atoms with E-state index in [2.05, 4.69) is 47.3 Å². The first kappa shape index (κ1) is 18.6. The van der Waals surface area contributed by atoms with Gasteiger partial charge in [0.25, 0.3) is 0 Å². The highest BCUT2D eigenvalue weighted by atomic mass is 14.9. The SMILES string of the molecule is CCCNCCCNC/C=C/CNCCCNCC. The quantitative estimate of drug-likeness (QED) is 0.266. The highest BCUT2D eigenvalue weighted by Crippen LogP contribution is 1.77. The predicted molar refractivity (Wildman–Crippen MR) is 85.8 cm³/mol. The van der Waals surface area contributed by atoms with Gasteiger partial charge in [-0.15, -0.1) is 0 Å². The monoisotopic (exact) mass is 270 g/mol. The molecule has 0 fully saturated rings. The maximum atomic E-state index is 3.42. The smallest absolute Gasteiger partial charge is 0.0135 e. The Kier molecular flexibility index (Phi) is 17.2. The van der Waals surface area contributed by atoms with E-state index in [9.17, 15) is 0 Å². The lowest BCUT2D eigenvalue weighted by molar-refractivity contribution is 0.608. The van der Waals surface area contributed by atoms with Crippen LogP contribution in [-0.4, -0.2) is 52.4 Å². The fourth-order valence-corrected chi connectivity index (χ4v) is 1.69. The second-order valence-corrected chi connectivity index (χ2v) is 4.69. The molecular formula is C15H34N4. The summed E-state index contributed by atoms with van der Waals surface area (Å²) >= 11 is 0. The van der Waals surface area contributed by atoms with Gasteiger partial charge < -0.3 is 21.3 Å². The minimum Gasteiger partial charge on any atom is -0.317 e. The van der Waals surface area contributed by atoms with Gasteiger partial charge in [0.05, 0.1) is 0 Å². The third kappa shape index (κ3) is 17.6. The van der Waals surface area contributed by atoms with E-state index in [0.717, 1.165) is 52.4 Å². The number of hydrogen-bond donors (Lipinski definition) is 4. The minimum absolute atomic E-state index is 0.978. The molecule has 19 heavy (non-hydrogen) atoms. The van der Waals surface area contributed by atoms with Crippen LogP contribution in [0.3, 0.4) is 0 Å². The molecule has 0 aliphatic heterocycles. The second-order valence-electron chi connectivity index (χ2n) is 4.69. The van der Waals surface area contributed by atoms with Gasteiger partial charge >= 0.3 is 0 Å². The fourth-order valence-electron chi connectivity index (χ4n) is 1.69. The van der Waals surface area contributed by atoms with Crippen molar-refractivity contribution in [3.63, 3.8) is 0 Å². The highest BCUT2D eigenvalue weighted by molar-refractivity contribution is 4.85. The maximum Gasteiger partial charge on any atom is 0.0135 e. The van der Waals surface area contributed by atoms with E-state index in [1.54, 1.807) is 0 Å². The summed E-state index contributed by atoms with van der Waals surface area (Å²) < 4.78 is 0. The summed E-state index contributed by atoms with van der Waals surface area (Å²) in [7, 11) is 0. The molecule has 4 nitrogen and oxygen atoms in total. The fraction of sp³-hybridized carbons (Fsp3) is 0.867. The van der Waals surface area contributed by atoms with Crippen LogP contribution >= 0.6 is 0 Å². The molecule has 0 rings (SSSR count). The molecular weight excluding hydrogens is 236 g/mol. The Labute approximate surface area is 119 Å². The molecule has 0 radical (unpaired) electrons. The van der Waals surface area contributed by atoms with E-state index in [1.807, 2.05) is 0 Å². The van der Waals surface area contributed by atoms with Crippen molar-refractivity contribution in [1.82, 2.24) is 21.3 Å². The van der Waals surface area contributed by atoms with Crippen molar-refractivity contribution < 1.29 is 0 Å². The zero-order valence-corrected chi connectivity index (χ0v) is 12.9. The van der Waals surface area contributed by atoms with Gasteiger partial charge in [-0.3, -0.25) is 0 Å². The third-order valence-corrected chi connectivity index (χ3v) is 2.78. The van der Waals surface area contributed by atoms with E-state index in [1.165, 1.54) is 19.3 Å². The maximum absolute atomic E-state index is 3.42. The minimum atomic E-state index is 0.978. The van der Waals surface area contributed by atoms with Crippen LogP contribution in [0, 0.1) is 0 Å². The number of nitrogens with one attached hydrogen (secondary N) is 4.